The second-order valence-electron chi connectivity index (χ2n) is 7.72. The summed E-state index contributed by atoms with van der Waals surface area (Å²) in [6, 6.07) is 11.4. The first-order chi connectivity index (χ1) is 14.6. The van der Waals surface area contributed by atoms with E-state index in [1.807, 2.05) is 6.08 Å². The van der Waals surface area contributed by atoms with E-state index in [4.69, 9.17) is 9.47 Å². The van der Waals surface area contributed by atoms with E-state index in [0.717, 1.165) is 32.1 Å². The molecule has 5 heteroatoms. The van der Waals surface area contributed by atoms with Crippen LogP contribution in [0.3, 0.4) is 0 Å². The van der Waals surface area contributed by atoms with Crippen molar-refractivity contribution in [3.63, 3.8) is 0 Å². The maximum Gasteiger partial charge on any atom is 0.204 e. The zero-order valence-corrected chi connectivity index (χ0v) is 17.4. The van der Waals surface area contributed by atoms with E-state index in [1.165, 1.54) is 29.3 Å². The molecular formula is C25H29F3O2. The van der Waals surface area contributed by atoms with Crippen LogP contribution in [0.4, 0.5) is 13.2 Å². The minimum atomic E-state index is -0.998. The molecule has 30 heavy (non-hydrogen) atoms. The summed E-state index contributed by atoms with van der Waals surface area (Å²) in [7, 11) is 0. The molecule has 162 valence electrons. The molecule has 3 rings (SSSR count). The fourth-order valence-corrected chi connectivity index (χ4v) is 3.97. The molecule has 0 atom stereocenters. The van der Waals surface area contributed by atoms with Gasteiger partial charge in [-0.2, -0.15) is 8.78 Å². The van der Waals surface area contributed by atoms with E-state index >= 15 is 0 Å². The van der Waals surface area contributed by atoms with Crippen LogP contribution < -0.4 is 9.47 Å². The van der Waals surface area contributed by atoms with Gasteiger partial charge in [-0.25, -0.2) is 4.39 Å². The Kier molecular flexibility index (Phi) is 8.23. The summed E-state index contributed by atoms with van der Waals surface area (Å²) in [5, 5.41) is 0. The van der Waals surface area contributed by atoms with Gasteiger partial charge in [-0.1, -0.05) is 36.4 Å². The molecule has 1 aliphatic carbocycles. The van der Waals surface area contributed by atoms with Crippen molar-refractivity contribution >= 4 is 0 Å². The molecule has 0 aromatic heterocycles. The Balaban J connectivity index is 1.48. The van der Waals surface area contributed by atoms with Gasteiger partial charge in [0, 0.05) is 0 Å². The highest BCUT2D eigenvalue weighted by Crippen LogP contribution is 2.36. The van der Waals surface area contributed by atoms with Crippen molar-refractivity contribution in [3.05, 3.63) is 71.3 Å². The highest BCUT2D eigenvalue weighted by atomic mass is 19.2. The van der Waals surface area contributed by atoms with Crippen LogP contribution in [-0.2, 0) is 6.42 Å². The van der Waals surface area contributed by atoms with Crippen LogP contribution in [0.1, 0.15) is 49.7 Å². The zero-order valence-electron chi connectivity index (χ0n) is 17.4. The molecule has 0 spiro atoms. The van der Waals surface area contributed by atoms with Crippen LogP contribution in [0.2, 0.25) is 0 Å². The third-order valence-electron chi connectivity index (χ3n) is 5.69. The van der Waals surface area contributed by atoms with Gasteiger partial charge in [0.15, 0.2) is 11.5 Å². The Morgan fingerprint density at radius 3 is 2.10 bits per heavy atom. The number of allylic oxidation sites excluding steroid dienone is 2. The molecule has 2 aromatic carbocycles. The lowest BCUT2D eigenvalue weighted by Crippen LogP contribution is -2.19. The smallest absolute Gasteiger partial charge is 0.204 e. The fraction of sp³-hybridized carbons (Fsp3) is 0.440. The largest absolute Gasteiger partial charge is 0.491 e. The quantitative estimate of drug-likeness (QED) is 0.418. The molecule has 0 amide bonds. The normalized spacial score (nSPS) is 19.2. The SMILES string of the molecule is CCOc1ccc(OCC2CCC(c3ccc(C/C=C/CF)cc3)CC2)c(F)c1F. The van der Waals surface area contributed by atoms with Crippen LogP contribution in [0.25, 0.3) is 0 Å². The van der Waals surface area contributed by atoms with E-state index in [2.05, 4.69) is 24.3 Å². The van der Waals surface area contributed by atoms with E-state index in [-0.39, 0.29) is 18.1 Å². The molecule has 0 heterocycles. The Morgan fingerprint density at radius 1 is 0.867 bits per heavy atom. The van der Waals surface area contributed by atoms with E-state index in [9.17, 15) is 13.2 Å². The first kappa shape index (κ1) is 22.3. The molecule has 2 nitrogen and oxygen atoms in total. The van der Waals surface area contributed by atoms with E-state index < -0.39 is 18.3 Å². The molecule has 0 bridgehead atoms. The van der Waals surface area contributed by atoms with Crippen molar-refractivity contribution < 1.29 is 22.6 Å². The molecule has 1 aliphatic rings. The van der Waals surface area contributed by atoms with Crippen molar-refractivity contribution in [1.29, 1.82) is 0 Å². The Bertz CT molecular complexity index is 825. The average Bonchev–Trinajstić information content (AvgIpc) is 2.78. The monoisotopic (exact) mass is 418 g/mol. The minimum Gasteiger partial charge on any atom is -0.491 e. The molecule has 0 unspecified atom stereocenters. The van der Waals surface area contributed by atoms with Crippen LogP contribution in [0, 0.1) is 17.6 Å². The van der Waals surface area contributed by atoms with Crippen molar-refractivity contribution in [1.82, 2.24) is 0 Å². The topological polar surface area (TPSA) is 18.5 Å². The molecule has 0 aliphatic heterocycles. The molecule has 0 radical (unpaired) electrons. The lowest BCUT2D eigenvalue weighted by Gasteiger charge is -2.29. The summed E-state index contributed by atoms with van der Waals surface area (Å²) in [5.74, 6) is -1.29. The molecule has 0 N–H and O–H groups in total. The average molecular weight is 418 g/mol. The lowest BCUT2D eigenvalue weighted by molar-refractivity contribution is 0.191. The Labute approximate surface area is 176 Å². The molecule has 1 fully saturated rings. The van der Waals surface area contributed by atoms with Crippen molar-refractivity contribution in [2.45, 2.75) is 44.9 Å². The third kappa shape index (κ3) is 5.80. The van der Waals surface area contributed by atoms with Crippen LogP contribution in [-0.4, -0.2) is 19.9 Å². The van der Waals surface area contributed by atoms with Gasteiger partial charge in [-0.3, -0.25) is 0 Å². The minimum absolute atomic E-state index is 0.0597. The van der Waals surface area contributed by atoms with Crippen LogP contribution >= 0.6 is 0 Å². The number of alkyl halides is 1. The number of rotatable bonds is 9. The number of hydrogen-bond acceptors (Lipinski definition) is 2. The number of benzene rings is 2. The van der Waals surface area contributed by atoms with Crippen LogP contribution in [0.5, 0.6) is 11.5 Å². The Morgan fingerprint density at radius 2 is 1.50 bits per heavy atom. The molecule has 0 saturated heterocycles. The second kappa shape index (κ2) is 11.1. The zero-order chi connectivity index (χ0) is 21.3. The number of ether oxygens (including phenoxy) is 2. The van der Waals surface area contributed by atoms with Gasteiger partial charge in [0.25, 0.3) is 0 Å². The van der Waals surface area contributed by atoms with Gasteiger partial charge >= 0.3 is 0 Å². The summed E-state index contributed by atoms with van der Waals surface area (Å²) >= 11 is 0. The Hall–Kier alpha value is -2.43. The third-order valence-corrected chi connectivity index (χ3v) is 5.69. The predicted molar refractivity (Wildman–Crippen MR) is 113 cm³/mol. The molecule has 2 aromatic rings. The maximum absolute atomic E-state index is 14.2. The van der Waals surface area contributed by atoms with Crippen molar-refractivity contribution in [3.8, 4) is 11.5 Å². The second-order valence-corrected chi connectivity index (χ2v) is 7.72. The summed E-state index contributed by atoms with van der Waals surface area (Å²) < 4.78 is 50.9. The molecule has 1 saturated carbocycles. The predicted octanol–water partition coefficient (Wildman–Crippen LogP) is 6.78. The highest BCUT2D eigenvalue weighted by molar-refractivity contribution is 5.35. The van der Waals surface area contributed by atoms with Gasteiger partial charge < -0.3 is 9.47 Å². The summed E-state index contributed by atoms with van der Waals surface area (Å²) in [5.41, 5.74) is 2.50. The molecular weight excluding hydrogens is 389 g/mol. The summed E-state index contributed by atoms with van der Waals surface area (Å²) in [4.78, 5) is 0. The number of halogens is 3. The van der Waals surface area contributed by atoms with Crippen molar-refractivity contribution in [2.24, 2.45) is 5.92 Å². The standard InChI is InChI=1S/C25H29F3O2/c1-2-29-22-14-15-23(25(28)24(22)27)30-17-19-8-12-21(13-9-19)20-10-6-18(7-11-20)5-3-4-16-26/h3-4,6-7,10-11,14-15,19,21H,2,5,8-9,12-13,16-17H2,1H3/b4-3+. The highest BCUT2D eigenvalue weighted by Gasteiger charge is 2.24. The maximum atomic E-state index is 14.2. The summed E-state index contributed by atoms with van der Waals surface area (Å²) in [6.45, 7) is 1.96. The van der Waals surface area contributed by atoms with Gasteiger partial charge in [0.05, 0.1) is 13.2 Å². The first-order valence-electron chi connectivity index (χ1n) is 10.7. The van der Waals surface area contributed by atoms with Crippen molar-refractivity contribution in [2.75, 3.05) is 19.9 Å². The van der Waals surface area contributed by atoms with E-state index in [1.54, 1.807) is 6.92 Å². The van der Waals surface area contributed by atoms with Gasteiger partial charge in [-0.05, 0) is 74.1 Å². The lowest BCUT2D eigenvalue weighted by atomic mass is 9.79. The van der Waals surface area contributed by atoms with Gasteiger partial charge in [-0.15, -0.1) is 0 Å². The van der Waals surface area contributed by atoms with Gasteiger partial charge in [0.2, 0.25) is 11.6 Å². The first-order valence-corrected chi connectivity index (χ1v) is 10.7. The fourth-order valence-electron chi connectivity index (χ4n) is 3.97. The van der Waals surface area contributed by atoms with E-state index in [0.29, 0.717) is 18.4 Å². The van der Waals surface area contributed by atoms with Gasteiger partial charge in [0.1, 0.15) is 6.67 Å². The summed E-state index contributed by atoms with van der Waals surface area (Å²) in [6.07, 6.45) is 8.21. The number of hydrogen-bond donors (Lipinski definition) is 0. The van der Waals surface area contributed by atoms with Crippen LogP contribution in [0.15, 0.2) is 48.6 Å².